The van der Waals surface area contributed by atoms with E-state index < -0.39 is 20.6 Å². The average molecular weight is 305 g/mol. The Morgan fingerprint density at radius 3 is 2.74 bits per heavy atom. The van der Waals surface area contributed by atoms with Crippen LogP contribution in [0.4, 0.5) is 5.69 Å². The van der Waals surface area contributed by atoms with E-state index in [-0.39, 0.29) is 16.5 Å². The Morgan fingerprint density at radius 2 is 2.16 bits per heavy atom. The Labute approximate surface area is 116 Å². The molecule has 0 aliphatic carbocycles. The molecule has 19 heavy (non-hydrogen) atoms. The van der Waals surface area contributed by atoms with E-state index in [1.807, 2.05) is 13.0 Å². The number of hydrogen-bond donors (Lipinski definition) is 1. The van der Waals surface area contributed by atoms with Gasteiger partial charge in [-0.3, -0.25) is 10.1 Å². The summed E-state index contributed by atoms with van der Waals surface area (Å²) in [4.78, 5) is 9.80. The molecule has 0 aliphatic heterocycles. The predicted octanol–water partition coefficient (Wildman–Crippen LogP) is 2.49. The topological polar surface area (TPSA) is 89.3 Å². The van der Waals surface area contributed by atoms with Gasteiger partial charge in [0, 0.05) is 12.6 Å². The first kappa shape index (κ1) is 15.6. The molecule has 0 spiro atoms. The van der Waals surface area contributed by atoms with Crippen molar-refractivity contribution in [3.8, 4) is 0 Å². The molecule has 0 amide bonds. The molecule has 0 fully saturated rings. The molecular weight excluding hydrogens is 292 g/mol. The second-order valence-electron chi connectivity index (χ2n) is 3.63. The van der Waals surface area contributed by atoms with E-state index >= 15 is 0 Å². The molecule has 0 aliphatic rings. The highest BCUT2D eigenvalue weighted by molar-refractivity contribution is 7.89. The van der Waals surface area contributed by atoms with Crippen LogP contribution in [0.3, 0.4) is 0 Å². The monoisotopic (exact) mass is 304 g/mol. The maximum atomic E-state index is 11.9. The Bertz CT molecular complexity index is 599. The van der Waals surface area contributed by atoms with E-state index in [0.717, 1.165) is 6.07 Å². The number of nitro benzene ring substituents is 1. The van der Waals surface area contributed by atoms with Crippen molar-refractivity contribution >= 4 is 27.3 Å². The molecule has 0 bridgehead atoms. The highest BCUT2D eigenvalue weighted by atomic mass is 35.5. The van der Waals surface area contributed by atoms with E-state index in [4.69, 9.17) is 11.6 Å². The third-order valence-corrected chi connectivity index (χ3v) is 4.04. The van der Waals surface area contributed by atoms with Crippen LogP contribution in [0.5, 0.6) is 0 Å². The lowest BCUT2D eigenvalue weighted by Crippen LogP contribution is -2.24. The zero-order valence-electron chi connectivity index (χ0n) is 10.2. The molecule has 0 saturated carbocycles. The minimum Gasteiger partial charge on any atom is -0.258 e. The summed E-state index contributed by atoms with van der Waals surface area (Å²) in [7, 11) is -3.76. The summed E-state index contributed by atoms with van der Waals surface area (Å²) in [5.74, 6) is 0. The van der Waals surface area contributed by atoms with Crippen molar-refractivity contribution in [3.63, 3.8) is 0 Å². The average Bonchev–Trinajstić information content (AvgIpc) is 2.34. The Balaban J connectivity index is 2.95. The van der Waals surface area contributed by atoms with E-state index in [1.54, 1.807) is 6.08 Å². The molecule has 0 radical (unpaired) electrons. The standard InChI is InChI=1S/C11H13ClN2O4S/c1-2-3-4-7-13-19(17,18)9-5-6-10(12)11(8-9)14(15)16/h2-3,5-6,8,13H,4,7H2,1H3/b3-2+. The van der Waals surface area contributed by atoms with E-state index in [2.05, 4.69) is 4.72 Å². The van der Waals surface area contributed by atoms with Crippen LogP contribution in [0.25, 0.3) is 0 Å². The van der Waals surface area contributed by atoms with Crippen LogP contribution in [0.15, 0.2) is 35.2 Å². The van der Waals surface area contributed by atoms with Gasteiger partial charge in [0.2, 0.25) is 10.0 Å². The molecule has 0 unspecified atom stereocenters. The van der Waals surface area contributed by atoms with Crippen molar-refractivity contribution in [2.45, 2.75) is 18.2 Å². The van der Waals surface area contributed by atoms with Crippen molar-refractivity contribution in [2.24, 2.45) is 0 Å². The van der Waals surface area contributed by atoms with Crippen molar-refractivity contribution in [2.75, 3.05) is 6.54 Å². The first-order valence-electron chi connectivity index (χ1n) is 5.43. The van der Waals surface area contributed by atoms with Gasteiger partial charge >= 0.3 is 0 Å². The molecule has 0 atom stereocenters. The number of rotatable bonds is 6. The maximum Gasteiger partial charge on any atom is 0.289 e. The molecule has 8 heteroatoms. The van der Waals surface area contributed by atoms with Gasteiger partial charge in [0.1, 0.15) is 5.02 Å². The van der Waals surface area contributed by atoms with Crippen molar-refractivity contribution in [1.82, 2.24) is 4.72 Å². The fourth-order valence-corrected chi connectivity index (χ4v) is 2.58. The number of allylic oxidation sites excluding steroid dienone is 1. The molecule has 104 valence electrons. The summed E-state index contributed by atoms with van der Waals surface area (Å²) in [5, 5.41) is 10.6. The van der Waals surface area contributed by atoms with Crippen LogP contribution < -0.4 is 4.72 Å². The zero-order chi connectivity index (χ0) is 14.5. The lowest BCUT2D eigenvalue weighted by Gasteiger charge is -2.05. The SMILES string of the molecule is C/C=C/CCNS(=O)(=O)c1ccc(Cl)c([N+](=O)[O-])c1. The Hall–Kier alpha value is -1.44. The molecule has 1 aromatic rings. The second-order valence-corrected chi connectivity index (χ2v) is 5.80. The maximum absolute atomic E-state index is 11.9. The van der Waals surface area contributed by atoms with Gasteiger partial charge in [0.25, 0.3) is 5.69 Å². The summed E-state index contributed by atoms with van der Waals surface area (Å²) >= 11 is 5.62. The fourth-order valence-electron chi connectivity index (χ4n) is 1.33. The van der Waals surface area contributed by atoms with Crippen molar-refractivity contribution in [3.05, 3.63) is 45.5 Å². The van der Waals surface area contributed by atoms with E-state index in [9.17, 15) is 18.5 Å². The van der Waals surface area contributed by atoms with Gasteiger partial charge < -0.3 is 0 Å². The molecule has 1 rings (SSSR count). The third kappa shape index (κ3) is 4.30. The first-order chi connectivity index (χ1) is 8.88. The summed E-state index contributed by atoms with van der Waals surface area (Å²) in [5.41, 5.74) is -0.432. The highest BCUT2D eigenvalue weighted by Gasteiger charge is 2.19. The lowest BCUT2D eigenvalue weighted by atomic mass is 10.3. The highest BCUT2D eigenvalue weighted by Crippen LogP contribution is 2.26. The van der Waals surface area contributed by atoms with Gasteiger partial charge in [-0.25, -0.2) is 13.1 Å². The number of halogens is 1. The van der Waals surface area contributed by atoms with Crippen LogP contribution in [0.1, 0.15) is 13.3 Å². The fraction of sp³-hybridized carbons (Fsp3) is 0.273. The molecule has 0 heterocycles. The van der Waals surface area contributed by atoms with Gasteiger partial charge in [-0.15, -0.1) is 0 Å². The zero-order valence-corrected chi connectivity index (χ0v) is 11.7. The third-order valence-electron chi connectivity index (χ3n) is 2.26. The summed E-state index contributed by atoms with van der Waals surface area (Å²) in [6, 6.07) is 3.37. The number of hydrogen-bond acceptors (Lipinski definition) is 4. The number of nitrogens with zero attached hydrogens (tertiary/aromatic N) is 1. The van der Waals surface area contributed by atoms with Crippen LogP contribution >= 0.6 is 11.6 Å². The van der Waals surface area contributed by atoms with E-state index in [0.29, 0.717) is 6.42 Å². The summed E-state index contributed by atoms with van der Waals surface area (Å²) < 4.78 is 26.1. The van der Waals surface area contributed by atoms with Crippen LogP contribution in [0.2, 0.25) is 5.02 Å². The number of nitrogens with one attached hydrogen (secondary N) is 1. The van der Waals surface area contributed by atoms with Crippen LogP contribution in [-0.2, 0) is 10.0 Å². The van der Waals surface area contributed by atoms with Crippen LogP contribution in [0, 0.1) is 10.1 Å². The predicted molar refractivity (Wildman–Crippen MR) is 72.7 cm³/mol. The van der Waals surface area contributed by atoms with Gasteiger partial charge in [-0.05, 0) is 25.5 Å². The smallest absolute Gasteiger partial charge is 0.258 e. The first-order valence-corrected chi connectivity index (χ1v) is 7.29. The van der Waals surface area contributed by atoms with Gasteiger partial charge in [0.05, 0.1) is 9.82 Å². The Morgan fingerprint density at radius 1 is 1.47 bits per heavy atom. The molecule has 6 nitrogen and oxygen atoms in total. The summed E-state index contributed by atoms with van der Waals surface area (Å²) in [6.07, 6.45) is 4.17. The number of benzene rings is 1. The minimum atomic E-state index is -3.76. The van der Waals surface area contributed by atoms with Gasteiger partial charge in [-0.1, -0.05) is 23.8 Å². The largest absolute Gasteiger partial charge is 0.289 e. The minimum absolute atomic E-state index is 0.0992. The van der Waals surface area contributed by atoms with Crippen molar-refractivity contribution in [1.29, 1.82) is 0 Å². The molecule has 0 saturated heterocycles. The lowest BCUT2D eigenvalue weighted by molar-refractivity contribution is -0.384. The van der Waals surface area contributed by atoms with Gasteiger partial charge in [-0.2, -0.15) is 0 Å². The summed E-state index contributed by atoms with van der Waals surface area (Å²) in [6.45, 7) is 2.06. The molecule has 0 aromatic heterocycles. The number of sulfonamides is 1. The molecular formula is C11H13ClN2O4S. The Kier molecular flexibility index (Phi) is 5.46. The molecule has 1 N–H and O–H groups in total. The van der Waals surface area contributed by atoms with E-state index in [1.165, 1.54) is 12.1 Å². The quantitative estimate of drug-likeness (QED) is 0.378. The second kappa shape index (κ2) is 6.65. The van der Waals surface area contributed by atoms with Gasteiger partial charge in [0.15, 0.2) is 0 Å². The molecule has 1 aromatic carbocycles. The normalized spacial score (nSPS) is 11.9. The van der Waals surface area contributed by atoms with Crippen LogP contribution in [-0.4, -0.2) is 19.9 Å². The number of nitro groups is 1. The van der Waals surface area contributed by atoms with Crippen molar-refractivity contribution < 1.29 is 13.3 Å².